The molecule has 1 saturated heterocycles. The molecule has 5 rings (SSSR count). The van der Waals surface area contributed by atoms with Crippen LogP contribution in [0.1, 0.15) is 56.6 Å². The van der Waals surface area contributed by atoms with Crippen LogP contribution in [0.3, 0.4) is 0 Å². The topological polar surface area (TPSA) is 104 Å². The third kappa shape index (κ3) is 3.03. The molecule has 2 aromatic rings. The van der Waals surface area contributed by atoms with Crippen LogP contribution in [0.5, 0.6) is 0 Å². The van der Waals surface area contributed by atoms with Gasteiger partial charge in [-0.15, -0.1) is 0 Å². The van der Waals surface area contributed by atoms with Crippen LogP contribution in [0.15, 0.2) is 24.5 Å². The van der Waals surface area contributed by atoms with Gasteiger partial charge < -0.3 is 10.4 Å². The van der Waals surface area contributed by atoms with Crippen LogP contribution >= 0.6 is 23.2 Å². The molecule has 2 aliphatic heterocycles. The number of nitrogens with one attached hydrogen (secondary N) is 2. The van der Waals surface area contributed by atoms with Crippen molar-refractivity contribution < 1.29 is 19.1 Å². The quantitative estimate of drug-likeness (QED) is 0.540. The number of halogens is 3. The van der Waals surface area contributed by atoms with Crippen molar-refractivity contribution in [2.24, 2.45) is 5.41 Å². The Morgan fingerprint density at radius 1 is 1.21 bits per heavy atom. The van der Waals surface area contributed by atoms with Gasteiger partial charge in [-0.2, -0.15) is 0 Å². The number of nitrogens with zero attached hydrogens (tertiary/aromatic N) is 2. The molecule has 1 aliphatic carbocycles. The molecule has 7 nitrogen and oxygen atoms in total. The third-order valence-electron chi connectivity index (χ3n) is 7.82. The van der Waals surface area contributed by atoms with E-state index in [2.05, 4.69) is 34.4 Å². The van der Waals surface area contributed by atoms with E-state index in [1.54, 1.807) is 6.07 Å². The van der Waals surface area contributed by atoms with E-state index in [1.165, 1.54) is 18.5 Å². The van der Waals surface area contributed by atoms with E-state index in [1.807, 2.05) is 0 Å². The lowest BCUT2D eigenvalue weighted by atomic mass is 9.53. The molecule has 2 spiro atoms. The maximum atomic E-state index is 15.4. The van der Waals surface area contributed by atoms with Gasteiger partial charge in [-0.3, -0.25) is 14.9 Å². The monoisotopic (exact) mass is 492 g/mol. The highest BCUT2D eigenvalue weighted by molar-refractivity contribution is 6.30. The number of carbonyl (C=O) groups excluding carboxylic acids is 1. The van der Waals surface area contributed by atoms with Crippen LogP contribution in [0.25, 0.3) is 0 Å². The summed E-state index contributed by atoms with van der Waals surface area (Å²) < 4.78 is 15.4. The predicted octanol–water partition coefficient (Wildman–Crippen LogP) is 4.29. The minimum Gasteiger partial charge on any atom is -0.480 e. The smallest absolute Gasteiger partial charge is 0.321 e. The zero-order chi connectivity index (χ0) is 23.8. The van der Waals surface area contributed by atoms with Gasteiger partial charge >= 0.3 is 5.97 Å². The molecule has 0 aromatic carbocycles. The average Bonchev–Trinajstić information content (AvgIpc) is 3.20. The summed E-state index contributed by atoms with van der Waals surface area (Å²) in [5, 5.41) is 16.3. The molecule has 33 heavy (non-hydrogen) atoms. The fourth-order valence-electron chi connectivity index (χ4n) is 6.20. The number of carboxylic acids is 1. The van der Waals surface area contributed by atoms with Crippen LogP contribution in [0.4, 0.5) is 10.1 Å². The molecule has 1 amide bonds. The summed E-state index contributed by atoms with van der Waals surface area (Å²) in [5.41, 5.74) is -1.30. The first-order chi connectivity index (χ1) is 15.5. The van der Waals surface area contributed by atoms with Crippen LogP contribution in [-0.4, -0.2) is 38.5 Å². The Morgan fingerprint density at radius 3 is 2.58 bits per heavy atom. The first kappa shape index (κ1) is 22.5. The molecule has 3 aliphatic rings. The molecule has 2 fully saturated rings. The summed E-state index contributed by atoms with van der Waals surface area (Å²) in [4.78, 5) is 34.5. The summed E-state index contributed by atoms with van der Waals surface area (Å²) in [7, 11) is 0. The van der Waals surface area contributed by atoms with Crippen molar-refractivity contribution >= 4 is 40.8 Å². The highest BCUT2D eigenvalue weighted by Gasteiger charge is 2.73. The number of aliphatic carboxylic acids is 1. The molecule has 0 radical (unpaired) electrons. The fourth-order valence-corrected chi connectivity index (χ4v) is 6.52. The molecular formula is C23H23Cl2FN4O3. The number of pyridine rings is 2. The predicted molar refractivity (Wildman–Crippen MR) is 121 cm³/mol. The number of aromatic nitrogens is 2. The van der Waals surface area contributed by atoms with Crippen LogP contribution in [0.2, 0.25) is 10.3 Å². The molecule has 1 saturated carbocycles. The van der Waals surface area contributed by atoms with Gasteiger partial charge in [0.25, 0.3) is 0 Å². The van der Waals surface area contributed by atoms with Crippen molar-refractivity contribution in [2.75, 3.05) is 5.32 Å². The molecule has 4 heterocycles. The van der Waals surface area contributed by atoms with Crippen LogP contribution in [0, 0.1) is 11.2 Å². The Morgan fingerprint density at radius 2 is 1.91 bits per heavy atom. The van der Waals surface area contributed by atoms with Crippen LogP contribution in [-0.2, 0) is 15.0 Å². The molecule has 3 N–H and O–H groups in total. The molecule has 1 unspecified atom stereocenters. The Labute approximate surface area is 200 Å². The van der Waals surface area contributed by atoms with Gasteiger partial charge in [0.1, 0.15) is 16.6 Å². The van der Waals surface area contributed by atoms with Crippen molar-refractivity contribution in [3.63, 3.8) is 0 Å². The van der Waals surface area contributed by atoms with Gasteiger partial charge in [0.2, 0.25) is 5.91 Å². The second kappa shape index (κ2) is 7.35. The molecule has 0 bridgehead atoms. The lowest BCUT2D eigenvalue weighted by Crippen LogP contribution is -2.61. The second-order valence-corrected chi connectivity index (χ2v) is 10.7. The Bertz CT molecular complexity index is 1180. The summed E-state index contributed by atoms with van der Waals surface area (Å²) >= 11 is 12.1. The lowest BCUT2D eigenvalue weighted by Gasteiger charge is -2.50. The summed E-state index contributed by atoms with van der Waals surface area (Å²) in [6, 6.07) is 1.73. The third-order valence-corrected chi connectivity index (χ3v) is 8.29. The minimum absolute atomic E-state index is 0.0340. The van der Waals surface area contributed by atoms with Crippen LogP contribution < -0.4 is 10.6 Å². The zero-order valence-corrected chi connectivity index (χ0v) is 19.6. The number of hydrogen-bond donors (Lipinski definition) is 3. The first-order valence-electron chi connectivity index (χ1n) is 10.8. The number of hydrogen-bond acceptors (Lipinski definition) is 5. The second-order valence-electron chi connectivity index (χ2n) is 10.0. The van der Waals surface area contributed by atoms with E-state index >= 15 is 4.39 Å². The Hall–Kier alpha value is -2.29. The standard InChI is InChI=1S/C23H23Cl2FN4O3/c1-21(2)4-6-22(7-5-21)23(12-10-28-14(24)9-13(12)29-20(23)33)15(17(30-22)19(31)32)11-3-8-27-18(25)16(11)26/h3,8-10,15,17,30H,4-7H2,1-2H3,(H,29,33)(H,31,32)/t15-,17?,23+/m0/s1. The van der Waals surface area contributed by atoms with Gasteiger partial charge in [0.15, 0.2) is 11.0 Å². The van der Waals surface area contributed by atoms with Crippen molar-refractivity contribution in [1.29, 1.82) is 0 Å². The highest BCUT2D eigenvalue weighted by atomic mass is 35.5. The summed E-state index contributed by atoms with van der Waals surface area (Å²) in [5.74, 6) is -3.47. The normalized spacial score (nSPS) is 29.3. The van der Waals surface area contributed by atoms with Gasteiger partial charge in [-0.1, -0.05) is 37.0 Å². The largest absolute Gasteiger partial charge is 0.480 e. The van der Waals surface area contributed by atoms with Gasteiger partial charge in [0, 0.05) is 35.1 Å². The van der Waals surface area contributed by atoms with Gasteiger partial charge in [0.05, 0.1) is 0 Å². The first-order valence-corrected chi connectivity index (χ1v) is 11.6. The highest BCUT2D eigenvalue weighted by Crippen LogP contribution is 2.63. The van der Waals surface area contributed by atoms with E-state index in [9.17, 15) is 14.7 Å². The summed E-state index contributed by atoms with van der Waals surface area (Å²) in [6.45, 7) is 4.31. The number of carbonyl (C=O) groups is 2. The molecule has 3 atom stereocenters. The van der Waals surface area contributed by atoms with Gasteiger partial charge in [-0.25, -0.2) is 14.4 Å². The zero-order valence-electron chi connectivity index (χ0n) is 18.1. The average molecular weight is 493 g/mol. The van der Waals surface area contributed by atoms with E-state index in [-0.39, 0.29) is 21.3 Å². The lowest BCUT2D eigenvalue weighted by molar-refractivity contribution is -0.139. The van der Waals surface area contributed by atoms with Crippen molar-refractivity contribution in [1.82, 2.24) is 15.3 Å². The van der Waals surface area contributed by atoms with E-state index in [4.69, 9.17) is 23.2 Å². The van der Waals surface area contributed by atoms with Crippen molar-refractivity contribution in [3.8, 4) is 0 Å². The van der Waals surface area contributed by atoms with E-state index in [0.29, 0.717) is 24.1 Å². The van der Waals surface area contributed by atoms with E-state index in [0.717, 1.165) is 12.8 Å². The van der Waals surface area contributed by atoms with E-state index < -0.39 is 40.6 Å². The Kier molecular flexibility index (Phi) is 5.01. The molecule has 2 aromatic heterocycles. The van der Waals surface area contributed by atoms with Crippen molar-refractivity contribution in [2.45, 2.75) is 62.4 Å². The number of carboxylic acid groups (broad SMARTS) is 1. The van der Waals surface area contributed by atoms with Gasteiger partial charge in [-0.05, 0) is 48.8 Å². The SMILES string of the molecule is CC1(C)CCC2(CC1)NC(C(=O)O)[C@H](c1ccnc(Cl)c1F)[C@]21C(=O)Nc2cc(Cl)ncc21. The Balaban J connectivity index is 1.83. The maximum Gasteiger partial charge on any atom is 0.321 e. The molecular weight excluding hydrogens is 470 g/mol. The summed E-state index contributed by atoms with van der Waals surface area (Å²) in [6.07, 6.45) is 5.45. The molecule has 10 heteroatoms. The number of fused-ring (bicyclic) bond motifs is 3. The molecule has 174 valence electrons. The minimum atomic E-state index is -1.43. The number of rotatable bonds is 2. The number of amides is 1. The fraction of sp³-hybridized carbons (Fsp3) is 0.478. The van der Waals surface area contributed by atoms with Crippen molar-refractivity contribution in [3.05, 3.63) is 51.8 Å². The maximum absolute atomic E-state index is 15.4. The number of anilines is 1.